The van der Waals surface area contributed by atoms with E-state index in [4.69, 9.17) is 16.3 Å². The van der Waals surface area contributed by atoms with Crippen LogP contribution >= 0.6 is 23.1 Å². The molecule has 0 aliphatic carbocycles. The first kappa shape index (κ1) is 12.0. The van der Waals surface area contributed by atoms with Crippen LogP contribution in [0.4, 0.5) is 0 Å². The molecule has 6 heteroatoms. The van der Waals surface area contributed by atoms with Gasteiger partial charge in [0.25, 0.3) is 0 Å². The van der Waals surface area contributed by atoms with Crippen molar-refractivity contribution in [2.75, 3.05) is 0 Å². The zero-order valence-electron chi connectivity index (χ0n) is 8.96. The molecule has 0 amide bonds. The van der Waals surface area contributed by atoms with Crippen molar-refractivity contribution in [2.45, 2.75) is 13.0 Å². The number of rotatable bonds is 3. The molecule has 0 spiro atoms. The molecule has 4 nitrogen and oxygen atoms in total. The fraction of sp³-hybridized carbons (Fsp3) is 0.182. The number of hydrogen-bond acceptors (Lipinski definition) is 5. The van der Waals surface area contributed by atoms with E-state index in [0.29, 0.717) is 9.90 Å². The van der Waals surface area contributed by atoms with Gasteiger partial charge in [0.1, 0.15) is 6.10 Å². The number of halogens is 1. The van der Waals surface area contributed by atoms with Gasteiger partial charge in [-0.1, -0.05) is 34.3 Å². The topological polar surface area (TPSA) is 52.1 Å². The number of benzene rings is 1. The van der Waals surface area contributed by atoms with Crippen LogP contribution in [0.3, 0.4) is 0 Å². The second-order valence-electron chi connectivity index (χ2n) is 3.35. The molecule has 1 heterocycles. The van der Waals surface area contributed by atoms with Gasteiger partial charge in [0.15, 0.2) is 4.88 Å². The lowest BCUT2D eigenvalue weighted by Gasteiger charge is -2.13. The van der Waals surface area contributed by atoms with Crippen LogP contribution in [0.25, 0.3) is 0 Å². The Morgan fingerprint density at radius 3 is 2.88 bits per heavy atom. The summed E-state index contributed by atoms with van der Waals surface area (Å²) in [7, 11) is 0. The van der Waals surface area contributed by atoms with Crippen LogP contribution in [-0.4, -0.2) is 15.6 Å². The Kier molecular flexibility index (Phi) is 3.71. The molecule has 88 valence electrons. The highest BCUT2D eigenvalue weighted by Gasteiger charge is 2.17. The quantitative estimate of drug-likeness (QED) is 0.803. The van der Waals surface area contributed by atoms with E-state index in [1.807, 2.05) is 18.2 Å². The van der Waals surface area contributed by atoms with Crippen LogP contribution in [0, 0.1) is 0 Å². The van der Waals surface area contributed by atoms with Crippen LogP contribution in [0.5, 0.6) is 0 Å². The average Bonchev–Trinajstić information content (AvgIpc) is 2.82. The standard InChI is InChI=1S/C11H9ClN2O2S/c1-7(8-4-2-3-5-9(8)12)16-11(15)10-6-13-14-17-10/h2-7H,1H3. The Morgan fingerprint density at radius 1 is 1.47 bits per heavy atom. The highest BCUT2D eigenvalue weighted by molar-refractivity contribution is 7.07. The highest BCUT2D eigenvalue weighted by atomic mass is 35.5. The second kappa shape index (κ2) is 5.25. The minimum atomic E-state index is -0.438. The van der Waals surface area contributed by atoms with Gasteiger partial charge in [-0.05, 0) is 24.5 Å². The summed E-state index contributed by atoms with van der Waals surface area (Å²) in [5.74, 6) is -0.438. The summed E-state index contributed by atoms with van der Waals surface area (Å²) < 4.78 is 8.87. The molecular formula is C11H9ClN2O2S. The molecule has 0 fully saturated rings. The fourth-order valence-corrected chi connectivity index (χ4v) is 2.03. The monoisotopic (exact) mass is 268 g/mol. The third-order valence-corrected chi connectivity index (χ3v) is 3.18. The van der Waals surface area contributed by atoms with E-state index >= 15 is 0 Å². The molecule has 0 saturated carbocycles. The summed E-state index contributed by atoms with van der Waals surface area (Å²) in [4.78, 5) is 12.0. The maximum Gasteiger partial charge on any atom is 0.352 e. The van der Waals surface area contributed by atoms with Crippen LogP contribution in [-0.2, 0) is 4.74 Å². The third kappa shape index (κ3) is 2.81. The average molecular weight is 269 g/mol. The Balaban J connectivity index is 2.10. The van der Waals surface area contributed by atoms with Crippen molar-refractivity contribution >= 4 is 29.1 Å². The normalized spacial score (nSPS) is 12.1. The number of carbonyl (C=O) groups excluding carboxylic acids is 1. The van der Waals surface area contributed by atoms with E-state index in [9.17, 15) is 4.79 Å². The van der Waals surface area contributed by atoms with E-state index in [2.05, 4.69) is 9.59 Å². The molecule has 1 unspecified atom stereocenters. The Hall–Kier alpha value is -1.46. The van der Waals surface area contributed by atoms with Crippen molar-refractivity contribution in [3.05, 3.63) is 45.9 Å². The molecule has 2 aromatic rings. The van der Waals surface area contributed by atoms with Gasteiger partial charge in [-0.2, -0.15) is 0 Å². The smallest absolute Gasteiger partial charge is 0.352 e. The highest BCUT2D eigenvalue weighted by Crippen LogP contribution is 2.25. The number of hydrogen-bond donors (Lipinski definition) is 0. The summed E-state index contributed by atoms with van der Waals surface area (Å²) >= 11 is 7.02. The molecule has 0 radical (unpaired) electrons. The molecular weight excluding hydrogens is 260 g/mol. The van der Waals surface area contributed by atoms with Crippen molar-refractivity contribution in [1.29, 1.82) is 0 Å². The van der Waals surface area contributed by atoms with Crippen molar-refractivity contribution in [1.82, 2.24) is 9.59 Å². The molecule has 2 rings (SSSR count). The number of aromatic nitrogens is 2. The number of carbonyl (C=O) groups is 1. The Labute approximate surface area is 107 Å². The van der Waals surface area contributed by atoms with Crippen LogP contribution in [0.2, 0.25) is 5.02 Å². The van der Waals surface area contributed by atoms with Gasteiger partial charge in [-0.15, -0.1) is 5.10 Å². The van der Waals surface area contributed by atoms with E-state index in [0.717, 1.165) is 17.1 Å². The van der Waals surface area contributed by atoms with Gasteiger partial charge in [-0.25, -0.2) is 4.79 Å². The zero-order valence-corrected chi connectivity index (χ0v) is 10.5. The molecule has 1 atom stereocenters. The van der Waals surface area contributed by atoms with E-state index in [1.165, 1.54) is 6.20 Å². The summed E-state index contributed by atoms with van der Waals surface area (Å²) in [5.41, 5.74) is 0.778. The van der Waals surface area contributed by atoms with E-state index in [-0.39, 0.29) is 0 Å². The first-order valence-corrected chi connectivity index (χ1v) is 6.06. The van der Waals surface area contributed by atoms with Crippen molar-refractivity contribution in [3.63, 3.8) is 0 Å². The molecule has 0 N–H and O–H groups in total. The van der Waals surface area contributed by atoms with Crippen molar-refractivity contribution in [3.8, 4) is 0 Å². The summed E-state index contributed by atoms with van der Waals surface area (Å²) in [6, 6.07) is 7.26. The van der Waals surface area contributed by atoms with Gasteiger partial charge in [0.05, 0.1) is 6.20 Å². The first-order valence-electron chi connectivity index (χ1n) is 4.91. The first-order chi connectivity index (χ1) is 8.18. The lowest BCUT2D eigenvalue weighted by atomic mass is 10.1. The third-order valence-electron chi connectivity index (χ3n) is 2.19. The molecule has 1 aromatic carbocycles. The molecule has 0 aliphatic rings. The van der Waals surface area contributed by atoms with Crippen molar-refractivity contribution in [2.24, 2.45) is 0 Å². The maximum absolute atomic E-state index is 11.7. The van der Waals surface area contributed by atoms with E-state index in [1.54, 1.807) is 13.0 Å². The van der Waals surface area contributed by atoms with Gasteiger partial charge in [0.2, 0.25) is 0 Å². The van der Waals surface area contributed by atoms with Gasteiger partial charge in [0, 0.05) is 10.6 Å². The van der Waals surface area contributed by atoms with Gasteiger partial charge >= 0.3 is 5.97 Å². The molecule has 17 heavy (non-hydrogen) atoms. The lowest BCUT2D eigenvalue weighted by molar-refractivity contribution is 0.0344. The van der Waals surface area contributed by atoms with Crippen LogP contribution in [0.1, 0.15) is 28.3 Å². The predicted octanol–water partition coefficient (Wildman–Crippen LogP) is 3.11. The minimum absolute atomic E-state index is 0.379. The summed E-state index contributed by atoms with van der Waals surface area (Å²) in [5, 5.41) is 4.16. The molecule has 0 aliphatic heterocycles. The maximum atomic E-state index is 11.7. The Morgan fingerprint density at radius 2 is 2.24 bits per heavy atom. The van der Waals surface area contributed by atoms with Crippen LogP contribution < -0.4 is 0 Å². The molecule has 0 saturated heterocycles. The van der Waals surface area contributed by atoms with E-state index < -0.39 is 12.1 Å². The fourth-order valence-electron chi connectivity index (χ4n) is 1.34. The van der Waals surface area contributed by atoms with Gasteiger partial charge in [-0.3, -0.25) is 0 Å². The largest absolute Gasteiger partial charge is 0.453 e. The number of esters is 1. The van der Waals surface area contributed by atoms with Crippen LogP contribution in [0.15, 0.2) is 30.5 Å². The summed E-state index contributed by atoms with van der Waals surface area (Å²) in [6.45, 7) is 1.77. The predicted molar refractivity (Wildman–Crippen MR) is 65.2 cm³/mol. The molecule has 1 aromatic heterocycles. The number of nitrogens with zero attached hydrogens (tertiary/aromatic N) is 2. The number of ether oxygens (including phenoxy) is 1. The Bertz CT molecular complexity index is 516. The minimum Gasteiger partial charge on any atom is -0.453 e. The van der Waals surface area contributed by atoms with Gasteiger partial charge < -0.3 is 4.74 Å². The molecule has 0 bridgehead atoms. The SMILES string of the molecule is CC(OC(=O)c1cnns1)c1ccccc1Cl. The second-order valence-corrected chi connectivity index (χ2v) is 4.54. The lowest BCUT2D eigenvalue weighted by Crippen LogP contribution is -2.08. The summed E-state index contributed by atoms with van der Waals surface area (Å²) in [6.07, 6.45) is 0.977. The van der Waals surface area contributed by atoms with Crippen molar-refractivity contribution < 1.29 is 9.53 Å². The zero-order chi connectivity index (χ0) is 12.3.